The van der Waals surface area contributed by atoms with Crippen molar-refractivity contribution in [1.82, 2.24) is 14.7 Å². The first-order valence-electron chi connectivity index (χ1n) is 7.64. The van der Waals surface area contributed by atoms with Crippen molar-refractivity contribution in [1.29, 1.82) is 0 Å². The summed E-state index contributed by atoms with van der Waals surface area (Å²) in [6, 6.07) is 0. The molecule has 21 heavy (non-hydrogen) atoms. The fourth-order valence-electron chi connectivity index (χ4n) is 3.12. The highest BCUT2D eigenvalue weighted by atomic mass is 16.7. The topological polar surface area (TPSA) is 62.3 Å². The van der Waals surface area contributed by atoms with E-state index in [-0.39, 0.29) is 11.8 Å². The van der Waals surface area contributed by atoms with Crippen LogP contribution in [0.15, 0.2) is 0 Å². The molecular formula is C14H23N3O4. The van der Waals surface area contributed by atoms with Gasteiger partial charge in [0.15, 0.2) is 5.79 Å². The maximum absolute atomic E-state index is 12.3. The van der Waals surface area contributed by atoms with Gasteiger partial charge in [-0.1, -0.05) is 0 Å². The van der Waals surface area contributed by atoms with E-state index in [1.54, 1.807) is 9.80 Å². The molecule has 0 radical (unpaired) electrons. The van der Waals surface area contributed by atoms with E-state index < -0.39 is 5.79 Å². The van der Waals surface area contributed by atoms with Crippen molar-refractivity contribution in [3.63, 3.8) is 0 Å². The molecule has 3 heterocycles. The van der Waals surface area contributed by atoms with E-state index in [9.17, 15) is 9.59 Å². The number of hydrogen-bond acceptors (Lipinski definition) is 5. The molecular weight excluding hydrogens is 274 g/mol. The van der Waals surface area contributed by atoms with E-state index >= 15 is 0 Å². The van der Waals surface area contributed by atoms with Gasteiger partial charge < -0.3 is 24.2 Å². The molecule has 0 N–H and O–H groups in total. The zero-order chi connectivity index (χ0) is 14.9. The highest BCUT2D eigenvalue weighted by molar-refractivity contribution is 6.34. The summed E-state index contributed by atoms with van der Waals surface area (Å²) in [5.74, 6) is -1.26. The molecule has 0 unspecified atom stereocenters. The Bertz CT molecular complexity index is 404. The van der Waals surface area contributed by atoms with Crippen LogP contribution < -0.4 is 0 Å². The summed E-state index contributed by atoms with van der Waals surface area (Å²) in [4.78, 5) is 30.1. The minimum Gasteiger partial charge on any atom is -0.347 e. The molecule has 0 aliphatic carbocycles. The van der Waals surface area contributed by atoms with Gasteiger partial charge in [0.1, 0.15) is 0 Å². The zero-order valence-corrected chi connectivity index (χ0v) is 12.5. The Hall–Kier alpha value is -1.18. The van der Waals surface area contributed by atoms with Gasteiger partial charge in [0, 0.05) is 52.1 Å². The van der Waals surface area contributed by atoms with Gasteiger partial charge in [-0.3, -0.25) is 9.59 Å². The SMILES string of the molecule is CN1CCN(C(=O)C(=O)N2CCC3(CC2)OCCO3)CC1. The number of nitrogens with zero attached hydrogens (tertiary/aromatic N) is 3. The maximum atomic E-state index is 12.3. The van der Waals surface area contributed by atoms with Crippen molar-refractivity contribution in [2.75, 3.05) is 59.5 Å². The lowest BCUT2D eigenvalue weighted by atomic mass is 10.0. The zero-order valence-electron chi connectivity index (χ0n) is 12.5. The van der Waals surface area contributed by atoms with Crippen LogP contribution in [0, 0.1) is 0 Å². The van der Waals surface area contributed by atoms with Gasteiger partial charge in [-0.2, -0.15) is 0 Å². The Balaban J connectivity index is 1.52. The number of carbonyl (C=O) groups is 2. The highest BCUT2D eigenvalue weighted by Gasteiger charge is 2.42. The lowest BCUT2D eigenvalue weighted by Crippen LogP contribution is -2.55. The molecule has 1 spiro atoms. The third kappa shape index (κ3) is 3.04. The Morgan fingerprint density at radius 1 is 0.810 bits per heavy atom. The molecule has 0 aromatic rings. The molecule has 0 bridgehead atoms. The van der Waals surface area contributed by atoms with E-state index in [2.05, 4.69) is 4.90 Å². The van der Waals surface area contributed by atoms with Gasteiger partial charge in [0.25, 0.3) is 0 Å². The third-order valence-corrected chi connectivity index (χ3v) is 4.60. The molecule has 0 saturated carbocycles. The predicted octanol–water partition coefficient (Wildman–Crippen LogP) is -0.874. The van der Waals surface area contributed by atoms with Crippen LogP contribution >= 0.6 is 0 Å². The molecule has 7 heteroatoms. The van der Waals surface area contributed by atoms with Gasteiger partial charge >= 0.3 is 11.8 Å². The Morgan fingerprint density at radius 3 is 1.81 bits per heavy atom. The normalized spacial score (nSPS) is 26.3. The molecule has 0 atom stereocenters. The highest BCUT2D eigenvalue weighted by Crippen LogP contribution is 2.31. The third-order valence-electron chi connectivity index (χ3n) is 4.60. The number of piperidine rings is 1. The fourth-order valence-corrected chi connectivity index (χ4v) is 3.12. The Labute approximate surface area is 124 Å². The minimum absolute atomic E-state index is 0.368. The summed E-state index contributed by atoms with van der Waals surface area (Å²) in [6.45, 7) is 5.20. The van der Waals surface area contributed by atoms with E-state index in [1.807, 2.05) is 7.05 Å². The monoisotopic (exact) mass is 297 g/mol. The number of carbonyl (C=O) groups excluding carboxylic acids is 2. The van der Waals surface area contributed by atoms with Crippen molar-refractivity contribution < 1.29 is 19.1 Å². The standard InChI is InChI=1S/C14H23N3O4/c1-15-6-8-17(9-7-15)13(19)12(18)16-4-2-14(3-5-16)20-10-11-21-14/h2-11H2,1H3. The molecule has 3 fully saturated rings. The summed E-state index contributed by atoms with van der Waals surface area (Å²) >= 11 is 0. The van der Waals surface area contributed by atoms with Crippen LogP contribution in [0.1, 0.15) is 12.8 Å². The van der Waals surface area contributed by atoms with Gasteiger partial charge in [0.05, 0.1) is 13.2 Å². The van der Waals surface area contributed by atoms with Crippen molar-refractivity contribution in [3.8, 4) is 0 Å². The number of ether oxygens (including phenoxy) is 2. The van der Waals surface area contributed by atoms with Crippen LogP contribution in [0.4, 0.5) is 0 Å². The number of hydrogen-bond donors (Lipinski definition) is 0. The second kappa shape index (κ2) is 5.90. The number of likely N-dealkylation sites (tertiary alicyclic amines) is 1. The predicted molar refractivity (Wildman–Crippen MR) is 74.5 cm³/mol. The molecule has 0 aromatic carbocycles. The van der Waals surface area contributed by atoms with Gasteiger partial charge in [-0.05, 0) is 7.05 Å². The van der Waals surface area contributed by atoms with Crippen molar-refractivity contribution in [3.05, 3.63) is 0 Å². The largest absolute Gasteiger partial charge is 0.347 e. The van der Waals surface area contributed by atoms with Crippen LogP contribution in [0.5, 0.6) is 0 Å². The van der Waals surface area contributed by atoms with E-state index in [0.717, 1.165) is 13.1 Å². The summed E-state index contributed by atoms with van der Waals surface area (Å²) < 4.78 is 11.3. The first-order chi connectivity index (χ1) is 10.1. The Kier molecular flexibility index (Phi) is 4.14. The van der Waals surface area contributed by atoms with Crippen LogP contribution in [0.2, 0.25) is 0 Å². The first kappa shape index (κ1) is 14.7. The molecule has 2 amide bonds. The second-order valence-electron chi connectivity index (χ2n) is 6.00. The molecule has 3 aliphatic rings. The number of likely N-dealkylation sites (N-methyl/N-ethyl adjacent to an activating group) is 1. The average Bonchev–Trinajstić information content (AvgIpc) is 2.96. The van der Waals surface area contributed by atoms with Crippen LogP contribution in [0.3, 0.4) is 0 Å². The van der Waals surface area contributed by atoms with Crippen molar-refractivity contribution in [2.24, 2.45) is 0 Å². The lowest BCUT2D eigenvalue weighted by molar-refractivity contribution is -0.188. The summed E-state index contributed by atoms with van der Waals surface area (Å²) in [5, 5.41) is 0. The summed E-state index contributed by atoms with van der Waals surface area (Å²) in [7, 11) is 2.02. The molecule has 3 saturated heterocycles. The van der Waals surface area contributed by atoms with Crippen molar-refractivity contribution >= 4 is 11.8 Å². The lowest BCUT2D eigenvalue weighted by Gasteiger charge is -2.38. The first-order valence-corrected chi connectivity index (χ1v) is 7.64. The number of rotatable bonds is 0. The molecule has 3 rings (SSSR count). The number of amides is 2. The molecule has 0 aromatic heterocycles. The Morgan fingerprint density at radius 2 is 1.29 bits per heavy atom. The molecule has 3 aliphatic heterocycles. The van der Waals surface area contributed by atoms with Gasteiger partial charge in [0.2, 0.25) is 0 Å². The molecule has 118 valence electrons. The van der Waals surface area contributed by atoms with Gasteiger partial charge in [-0.25, -0.2) is 0 Å². The quantitative estimate of drug-likeness (QED) is 0.544. The van der Waals surface area contributed by atoms with Gasteiger partial charge in [-0.15, -0.1) is 0 Å². The van der Waals surface area contributed by atoms with E-state index in [0.29, 0.717) is 52.2 Å². The maximum Gasteiger partial charge on any atom is 0.312 e. The van der Waals surface area contributed by atoms with Crippen LogP contribution in [0.25, 0.3) is 0 Å². The smallest absolute Gasteiger partial charge is 0.312 e. The van der Waals surface area contributed by atoms with Crippen LogP contribution in [-0.4, -0.2) is 91.8 Å². The summed E-state index contributed by atoms with van der Waals surface area (Å²) in [5.41, 5.74) is 0. The minimum atomic E-state index is -0.506. The van der Waals surface area contributed by atoms with E-state index in [1.165, 1.54) is 0 Å². The average molecular weight is 297 g/mol. The fraction of sp³-hybridized carbons (Fsp3) is 0.857. The van der Waals surface area contributed by atoms with E-state index in [4.69, 9.17) is 9.47 Å². The summed E-state index contributed by atoms with van der Waals surface area (Å²) in [6.07, 6.45) is 1.30. The molecule has 7 nitrogen and oxygen atoms in total. The van der Waals surface area contributed by atoms with Crippen molar-refractivity contribution in [2.45, 2.75) is 18.6 Å². The van der Waals surface area contributed by atoms with Crippen LogP contribution in [-0.2, 0) is 19.1 Å². The second-order valence-corrected chi connectivity index (χ2v) is 6.00. The number of piperazine rings is 1.